The molecule has 5 heteroatoms. The third-order valence-electron chi connectivity index (χ3n) is 2.29. The second kappa shape index (κ2) is 8.05. The van der Waals surface area contributed by atoms with Crippen molar-refractivity contribution in [3.05, 3.63) is 21.9 Å². The summed E-state index contributed by atoms with van der Waals surface area (Å²) in [6.07, 6.45) is 0.459. The van der Waals surface area contributed by atoms with Gasteiger partial charge >= 0.3 is 0 Å². The number of aliphatic hydroxyl groups is 1. The largest absolute Gasteiger partial charge is 0.395 e. The van der Waals surface area contributed by atoms with Gasteiger partial charge in [-0.1, -0.05) is 11.8 Å². The molecule has 1 amide bonds. The quantitative estimate of drug-likeness (QED) is 0.816. The van der Waals surface area contributed by atoms with Crippen molar-refractivity contribution in [2.24, 2.45) is 0 Å². The van der Waals surface area contributed by atoms with E-state index < -0.39 is 0 Å². The molecule has 110 valence electrons. The average Bonchev–Trinajstić information content (AvgIpc) is 2.81. The predicted octanol–water partition coefficient (Wildman–Crippen LogP) is 1.91. The second-order valence-corrected chi connectivity index (χ2v) is 6.21. The summed E-state index contributed by atoms with van der Waals surface area (Å²) >= 11 is 1.55. The molecule has 2 N–H and O–H groups in total. The Morgan fingerprint density at radius 2 is 2.25 bits per heavy atom. The summed E-state index contributed by atoms with van der Waals surface area (Å²) in [5.41, 5.74) is 0.585. The molecule has 1 heterocycles. The lowest BCUT2D eigenvalue weighted by Gasteiger charge is -2.18. The van der Waals surface area contributed by atoms with E-state index in [0.717, 1.165) is 10.4 Å². The lowest BCUT2D eigenvalue weighted by Crippen LogP contribution is -2.31. The molecule has 0 radical (unpaired) electrons. The molecule has 1 aromatic heterocycles. The maximum absolute atomic E-state index is 11.7. The molecule has 1 rings (SSSR count). The summed E-state index contributed by atoms with van der Waals surface area (Å²) < 4.78 is 5.41. The van der Waals surface area contributed by atoms with Gasteiger partial charge in [0, 0.05) is 16.9 Å². The molecule has 0 saturated carbocycles. The first-order chi connectivity index (χ1) is 9.42. The van der Waals surface area contributed by atoms with Gasteiger partial charge in [-0.05, 0) is 32.2 Å². The summed E-state index contributed by atoms with van der Waals surface area (Å²) in [4.78, 5) is 12.7. The van der Waals surface area contributed by atoms with Crippen LogP contribution in [0.3, 0.4) is 0 Å². The van der Waals surface area contributed by atoms with Crippen molar-refractivity contribution < 1.29 is 14.6 Å². The highest BCUT2D eigenvalue weighted by Gasteiger charge is 2.13. The van der Waals surface area contributed by atoms with Crippen molar-refractivity contribution in [3.8, 4) is 11.8 Å². The van der Waals surface area contributed by atoms with Crippen molar-refractivity contribution in [1.29, 1.82) is 0 Å². The van der Waals surface area contributed by atoms with Gasteiger partial charge in [-0.25, -0.2) is 0 Å². The predicted molar refractivity (Wildman–Crippen MR) is 80.5 cm³/mol. The zero-order chi connectivity index (χ0) is 15.0. The molecule has 0 unspecified atom stereocenters. The normalized spacial score (nSPS) is 10.8. The molecule has 0 bridgehead atoms. The van der Waals surface area contributed by atoms with Gasteiger partial charge in [0.05, 0.1) is 18.8 Å². The molecule has 1 aromatic rings. The smallest absolute Gasteiger partial charge is 0.246 e. The van der Waals surface area contributed by atoms with Gasteiger partial charge in [0.15, 0.2) is 0 Å². The van der Waals surface area contributed by atoms with Crippen LogP contribution in [0.1, 0.15) is 37.6 Å². The van der Waals surface area contributed by atoms with E-state index >= 15 is 0 Å². The van der Waals surface area contributed by atoms with E-state index in [1.165, 1.54) is 0 Å². The van der Waals surface area contributed by atoms with Crippen molar-refractivity contribution in [2.75, 3.05) is 13.2 Å². The van der Waals surface area contributed by atoms with Crippen LogP contribution in [-0.2, 0) is 16.1 Å². The number of carbonyl (C=O) groups is 1. The number of hydrogen-bond acceptors (Lipinski definition) is 4. The van der Waals surface area contributed by atoms with Crippen molar-refractivity contribution in [2.45, 2.75) is 39.3 Å². The van der Waals surface area contributed by atoms with Crippen LogP contribution in [0.5, 0.6) is 0 Å². The monoisotopic (exact) mass is 295 g/mol. The summed E-state index contributed by atoms with van der Waals surface area (Å²) in [5, 5.41) is 13.5. The fraction of sp³-hybridized carbons (Fsp3) is 0.533. The van der Waals surface area contributed by atoms with Crippen LogP contribution in [0.25, 0.3) is 0 Å². The van der Waals surface area contributed by atoms with Gasteiger partial charge in [-0.2, -0.15) is 0 Å². The molecule has 4 nitrogen and oxygen atoms in total. The van der Waals surface area contributed by atoms with Gasteiger partial charge in [0.2, 0.25) is 5.91 Å². The first-order valence-electron chi connectivity index (χ1n) is 6.49. The minimum Gasteiger partial charge on any atom is -0.395 e. The molecule has 0 aromatic carbocycles. The van der Waals surface area contributed by atoms with Crippen LogP contribution in [0, 0.1) is 11.8 Å². The first kappa shape index (κ1) is 16.7. The fourth-order valence-electron chi connectivity index (χ4n) is 1.31. The standard InChI is InChI=1S/C15H21NO3S/c1-15(2,3)19-11-14(18)16-10-13-12(7-9-20-13)6-4-5-8-17/h7,9,17H,5,8,10-11H2,1-3H3,(H,16,18). The van der Waals surface area contributed by atoms with E-state index in [-0.39, 0.29) is 24.7 Å². The number of nitrogens with one attached hydrogen (secondary N) is 1. The van der Waals surface area contributed by atoms with Crippen LogP contribution in [-0.4, -0.2) is 29.8 Å². The lowest BCUT2D eigenvalue weighted by molar-refractivity contribution is -0.130. The van der Waals surface area contributed by atoms with Gasteiger partial charge in [-0.15, -0.1) is 11.3 Å². The maximum Gasteiger partial charge on any atom is 0.246 e. The van der Waals surface area contributed by atoms with E-state index in [1.54, 1.807) is 11.3 Å². The van der Waals surface area contributed by atoms with Crippen LogP contribution >= 0.6 is 11.3 Å². The molecule has 0 aliphatic heterocycles. The Labute approximate surface area is 124 Å². The summed E-state index contributed by atoms with van der Waals surface area (Å²) in [6.45, 7) is 6.30. The van der Waals surface area contributed by atoms with Crippen LogP contribution in [0.15, 0.2) is 11.4 Å². The van der Waals surface area contributed by atoms with E-state index in [1.807, 2.05) is 32.2 Å². The SMILES string of the molecule is CC(C)(C)OCC(=O)NCc1sccc1C#CCCO. The highest BCUT2D eigenvalue weighted by molar-refractivity contribution is 7.10. The van der Waals surface area contributed by atoms with Gasteiger partial charge in [-0.3, -0.25) is 4.79 Å². The Balaban J connectivity index is 2.44. The molecule has 0 spiro atoms. The van der Waals surface area contributed by atoms with Crippen LogP contribution in [0.4, 0.5) is 0 Å². The number of aliphatic hydroxyl groups excluding tert-OH is 1. The third-order valence-corrected chi connectivity index (χ3v) is 3.21. The van der Waals surface area contributed by atoms with E-state index in [9.17, 15) is 4.79 Å². The minimum atomic E-state index is -0.318. The van der Waals surface area contributed by atoms with E-state index in [0.29, 0.717) is 13.0 Å². The molecule has 0 atom stereocenters. The zero-order valence-corrected chi connectivity index (χ0v) is 13.0. The second-order valence-electron chi connectivity index (χ2n) is 5.21. The highest BCUT2D eigenvalue weighted by Crippen LogP contribution is 2.15. The highest BCUT2D eigenvalue weighted by atomic mass is 32.1. The molecule has 0 fully saturated rings. The Morgan fingerprint density at radius 3 is 2.90 bits per heavy atom. The van der Waals surface area contributed by atoms with E-state index in [4.69, 9.17) is 9.84 Å². The number of rotatable bonds is 5. The molecule has 0 aliphatic rings. The molecule has 20 heavy (non-hydrogen) atoms. The lowest BCUT2D eigenvalue weighted by atomic mass is 10.2. The number of thiophene rings is 1. The van der Waals surface area contributed by atoms with Crippen LogP contribution in [0.2, 0.25) is 0 Å². The van der Waals surface area contributed by atoms with Crippen molar-refractivity contribution in [3.63, 3.8) is 0 Å². The molecule has 0 aliphatic carbocycles. The first-order valence-corrected chi connectivity index (χ1v) is 7.37. The molecule has 0 saturated heterocycles. The average molecular weight is 295 g/mol. The maximum atomic E-state index is 11.7. The minimum absolute atomic E-state index is 0.0560. The summed E-state index contributed by atoms with van der Waals surface area (Å²) in [7, 11) is 0. The van der Waals surface area contributed by atoms with E-state index in [2.05, 4.69) is 17.2 Å². The Bertz CT molecular complexity index is 491. The summed E-state index contributed by atoms with van der Waals surface area (Å²) in [5.74, 6) is 5.74. The topological polar surface area (TPSA) is 58.6 Å². The number of carbonyl (C=O) groups excluding carboxylic acids is 1. The molecular weight excluding hydrogens is 274 g/mol. The Kier molecular flexibility index (Phi) is 6.73. The van der Waals surface area contributed by atoms with Crippen LogP contribution < -0.4 is 5.32 Å². The fourth-order valence-corrected chi connectivity index (χ4v) is 2.08. The zero-order valence-electron chi connectivity index (χ0n) is 12.2. The summed E-state index contributed by atoms with van der Waals surface area (Å²) in [6, 6.07) is 1.92. The number of ether oxygens (including phenoxy) is 1. The third kappa shape index (κ3) is 6.71. The number of hydrogen-bond donors (Lipinski definition) is 2. The Hall–Kier alpha value is -1.35. The Morgan fingerprint density at radius 1 is 1.50 bits per heavy atom. The van der Waals surface area contributed by atoms with Crippen molar-refractivity contribution in [1.82, 2.24) is 5.32 Å². The van der Waals surface area contributed by atoms with Gasteiger partial charge in [0.1, 0.15) is 6.61 Å². The van der Waals surface area contributed by atoms with Gasteiger partial charge in [0.25, 0.3) is 0 Å². The van der Waals surface area contributed by atoms with Gasteiger partial charge < -0.3 is 15.2 Å². The van der Waals surface area contributed by atoms with Crippen molar-refractivity contribution >= 4 is 17.2 Å². The number of amides is 1. The molecular formula is C15H21NO3S.